The van der Waals surface area contributed by atoms with Crippen LogP contribution >= 0.6 is 22.9 Å². The molecule has 3 aromatic heterocycles. The fraction of sp³-hybridized carbons (Fsp3) is 0.371. The summed E-state index contributed by atoms with van der Waals surface area (Å²) in [7, 11) is 0. The van der Waals surface area contributed by atoms with Crippen LogP contribution in [0.1, 0.15) is 33.6 Å². The van der Waals surface area contributed by atoms with Crippen molar-refractivity contribution in [1.29, 1.82) is 0 Å². The maximum atomic E-state index is 14.5. The van der Waals surface area contributed by atoms with Gasteiger partial charge < -0.3 is 29.9 Å². The van der Waals surface area contributed by atoms with E-state index in [1.165, 1.54) is 23.5 Å². The molecule has 266 valence electrons. The number of para-hydroxylation sites is 2. The first-order valence-electron chi connectivity index (χ1n) is 16.8. The molecule has 2 fully saturated rings. The molecule has 0 spiro atoms. The Labute approximate surface area is 303 Å². The lowest BCUT2D eigenvalue weighted by atomic mass is 10.0. The molecule has 1 atom stereocenters. The Bertz CT molecular complexity index is 1990. The van der Waals surface area contributed by atoms with Crippen molar-refractivity contribution in [2.24, 2.45) is 0 Å². The third-order valence-corrected chi connectivity index (χ3v) is 9.54. The van der Waals surface area contributed by atoms with E-state index in [9.17, 15) is 9.18 Å². The van der Waals surface area contributed by atoms with Gasteiger partial charge in [-0.1, -0.05) is 47.2 Å². The van der Waals surface area contributed by atoms with Gasteiger partial charge in [-0.05, 0) is 74.7 Å². The molecular weight excluding hydrogens is 695 g/mol. The molecular formula is C35H38ClFN10O3S. The third-order valence-electron chi connectivity index (χ3n) is 8.33. The predicted octanol–water partition coefficient (Wildman–Crippen LogP) is 7.03. The van der Waals surface area contributed by atoms with Gasteiger partial charge in [0.25, 0.3) is 0 Å². The topological polar surface area (TPSA) is 135 Å². The lowest BCUT2D eigenvalue weighted by Crippen LogP contribution is -2.47. The fourth-order valence-corrected chi connectivity index (χ4v) is 7.04. The number of carbonyl (C=O) groups excluding carboxylic acids is 1. The van der Waals surface area contributed by atoms with Gasteiger partial charge in [-0.25, -0.2) is 19.2 Å². The highest BCUT2D eigenvalue weighted by Gasteiger charge is 2.28. The second-order valence-electron chi connectivity index (χ2n) is 13.3. The molecule has 1 amide bonds. The van der Waals surface area contributed by atoms with Gasteiger partial charge in [0.05, 0.1) is 29.3 Å². The van der Waals surface area contributed by atoms with Crippen molar-refractivity contribution in [1.82, 2.24) is 35.1 Å². The summed E-state index contributed by atoms with van der Waals surface area (Å²) in [5.74, 6) is 0.942. The van der Waals surface area contributed by atoms with E-state index in [1.807, 2.05) is 45.0 Å². The molecule has 2 N–H and O–H groups in total. The summed E-state index contributed by atoms with van der Waals surface area (Å²) in [6.07, 6.45) is 3.02. The Morgan fingerprint density at radius 3 is 2.69 bits per heavy atom. The molecule has 13 nitrogen and oxygen atoms in total. The number of piperidine rings is 1. The molecule has 7 rings (SSSR count). The minimum absolute atomic E-state index is 0.0198. The van der Waals surface area contributed by atoms with E-state index >= 15 is 0 Å². The van der Waals surface area contributed by atoms with Gasteiger partial charge in [0, 0.05) is 43.5 Å². The Morgan fingerprint density at radius 2 is 1.88 bits per heavy atom. The molecule has 0 radical (unpaired) electrons. The number of nitrogens with zero attached hydrogens (tertiary/aromatic N) is 8. The summed E-state index contributed by atoms with van der Waals surface area (Å²) in [6.45, 7) is 9.68. The first kappa shape index (κ1) is 34.6. The molecule has 0 saturated carbocycles. The standard InChI is InChI=1S/C35H38ClFN10O3S/c1-35(2,3)50-34(48)46-13-7-8-23(21-46)39-29-18-22(24-9-4-5-12-27(24)45-14-16-49-17-15-45)19-30(40-29)41-33-38-20-28(51-33)32-42-44-47(43-32)31-25(36)10-6-11-26(31)37/h4-6,9-12,18-20,23H,7-8,13-17,21H2,1-3H3,(H2,38,39,40,41)/t23-/m0/s1. The number of halogens is 2. The van der Waals surface area contributed by atoms with E-state index < -0.39 is 11.4 Å². The number of rotatable bonds is 8. The number of pyridine rings is 1. The number of tetrazole rings is 1. The summed E-state index contributed by atoms with van der Waals surface area (Å²) in [5.41, 5.74) is 2.57. The van der Waals surface area contributed by atoms with Crippen LogP contribution in [0.15, 0.2) is 60.8 Å². The van der Waals surface area contributed by atoms with Crippen LogP contribution < -0.4 is 15.5 Å². The molecule has 51 heavy (non-hydrogen) atoms. The Kier molecular flexibility index (Phi) is 10.0. The van der Waals surface area contributed by atoms with Crippen molar-refractivity contribution in [2.45, 2.75) is 45.3 Å². The summed E-state index contributed by atoms with van der Waals surface area (Å²) in [4.78, 5) is 28.2. The monoisotopic (exact) mass is 732 g/mol. The number of nitrogens with one attached hydrogen (secondary N) is 2. The van der Waals surface area contributed by atoms with Gasteiger partial charge in [-0.2, -0.15) is 0 Å². The van der Waals surface area contributed by atoms with Crippen molar-refractivity contribution in [3.63, 3.8) is 0 Å². The summed E-state index contributed by atoms with van der Waals surface area (Å²) >= 11 is 7.52. The Morgan fingerprint density at radius 1 is 1.08 bits per heavy atom. The lowest BCUT2D eigenvalue weighted by molar-refractivity contribution is 0.0206. The molecule has 2 aliphatic heterocycles. The van der Waals surface area contributed by atoms with Gasteiger partial charge >= 0.3 is 6.09 Å². The molecule has 2 aliphatic rings. The predicted molar refractivity (Wildman–Crippen MR) is 196 cm³/mol. The minimum atomic E-state index is -0.572. The number of likely N-dealkylation sites (tertiary alicyclic amines) is 1. The molecule has 5 aromatic rings. The molecule has 0 bridgehead atoms. The van der Waals surface area contributed by atoms with Gasteiger partial charge in [-0.3, -0.25) is 0 Å². The van der Waals surface area contributed by atoms with E-state index in [1.54, 1.807) is 17.2 Å². The van der Waals surface area contributed by atoms with Crippen LogP contribution in [0.5, 0.6) is 0 Å². The van der Waals surface area contributed by atoms with Crippen LogP contribution in [0.25, 0.3) is 27.5 Å². The van der Waals surface area contributed by atoms with Crippen molar-refractivity contribution in [2.75, 3.05) is 54.9 Å². The molecule has 16 heteroatoms. The summed E-state index contributed by atoms with van der Waals surface area (Å²) in [6, 6.07) is 16.7. The SMILES string of the molecule is CC(C)(C)OC(=O)N1CCC[C@H](Nc2cc(-c3ccccc3N3CCOCC3)cc(Nc3ncc(-c4nnn(-c5c(F)cccc5Cl)n4)s3)n2)C1. The van der Waals surface area contributed by atoms with Crippen molar-refractivity contribution in [3.05, 3.63) is 71.6 Å². The van der Waals surface area contributed by atoms with Crippen LogP contribution in [-0.4, -0.2) is 92.2 Å². The van der Waals surface area contributed by atoms with Crippen LogP contribution in [0.2, 0.25) is 5.02 Å². The highest BCUT2D eigenvalue weighted by molar-refractivity contribution is 7.18. The number of aromatic nitrogens is 6. The molecule has 2 saturated heterocycles. The van der Waals surface area contributed by atoms with Crippen LogP contribution in [0.3, 0.4) is 0 Å². The van der Waals surface area contributed by atoms with Crippen LogP contribution in [-0.2, 0) is 9.47 Å². The maximum absolute atomic E-state index is 14.5. The number of thiazole rings is 1. The number of benzene rings is 2. The number of anilines is 4. The fourth-order valence-electron chi connectivity index (χ4n) is 6.05. The third kappa shape index (κ3) is 8.21. The number of hydrogen-bond acceptors (Lipinski definition) is 12. The number of ether oxygens (including phenoxy) is 2. The summed E-state index contributed by atoms with van der Waals surface area (Å²) in [5, 5.41) is 20.2. The van der Waals surface area contributed by atoms with Crippen LogP contribution in [0, 0.1) is 5.82 Å². The van der Waals surface area contributed by atoms with Gasteiger partial charge in [0.1, 0.15) is 22.9 Å². The second-order valence-corrected chi connectivity index (χ2v) is 14.7. The van der Waals surface area contributed by atoms with Crippen molar-refractivity contribution in [3.8, 4) is 27.5 Å². The second kappa shape index (κ2) is 14.8. The minimum Gasteiger partial charge on any atom is -0.444 e. The van der Waals surface area contributed by atoms with Gasteiger partial charge in [0.15, 0.2) is 10.9 Å². The highest BCUT2D eigenvalue weighted by Crippen LogP contribution is 2.36. The van der Waals surface area contributed by atoms with Gasteiger partial charge in [0.2, 0.25) is 5.82 Å². The number of amides is 1. The average molecular weight is 733 g/mol. The maximum Gasteiger partial charge on any atom is 0.410 e. The number of hydrogen-bond donors (Lipinski definition) is 2. The zero-order valence-electron chi connectivity index (χ0n) is 28.5. The smallest absolute Gasteiger partial charge is 0.410 e. The number of morpholine rings is 1. The lowest BCUT2D eigenvalue weighted by Gasteiger charge is -2.34. The van der Waals surface area contributed by atoms with Crippen molar-refractivity contribution >= 4 is 51.5 Å². The van der Waals surface area contributed by atoms with E-state index in [-0.39, 0.29) is 28.7 Å². The molecule has 5 heterocycles. The normalized spacial score (nSPS) is 16.6. The largest absolute Gasteiger partial charge is 0.444 e. The Balaban J connectivity index is 1.17. The van der Waals surface area contributed by atoms with E-state index in [2.05, 4.69) is 48.1 Å². The molecule has 2 aromatic carbocycles. The highest BCUT2D eigenvalue weighted by atomic mass is 35.5. The van der Waals surface area contributed by atoms with Gasteiger partial charge in [-0.15, -0.1) is 15.0 Å². The first-order valence-corrected chi connectivity index (χ1v) is 18.0. The molecule has 0 unspecified atom stereocenters. The van der Waals surface area contributed by atoms with Crippen molar-refractivity contribution < 1.29 is 18.7 Å². The first-order chi connectivity index (χ1) is 24.6. The van der Waals surface area contributed by atoms with Crippen LogP contribution in [0.4, 0.5) is 31.6 Å². The van der Waals surface area contributed by atoms with E-state index in [0.717, 1.165) is 47.5 Å². The zero-order valence-corrected chi connectivity index (χ0v) is 30.0. The van der Waals surface area contributed by atoms with E-state index in [0.29, 0.717) is 47.9 Å². The number of carbonyl (C=O) groups is 1. The quantitative estimate of drug-likeness (QED) is 0.170. The summed E-state index contributed by atoms with van der Waals surface area (Å²) < 4.78 is 25.8. The molecule has 0 aliphatic carbocycles. The Hall–Kier alpha value is -4.86. The van der Waals surface area contributed by atoms with E-state index in [4.69, 9.17) is 26.1 Å². The zero-order chi connectivity index (χ0) is 35.5. The average Bonchev–Trinajstić information content (AvgIpc) is 3.78.